The van der Waals surface area contributed by atoms with Crippen LogP contribution in [0.3, 0.4) is 0 Å². The first-order valence-electron chi connectivity index (χ1n) is 22.1. The van der Waals surface area contributed by atoms with Gasteiger partial charge in [-0.15, -0.1) is 0 Å². The summed E-state index contributed by atoms with van der Waals surface area (Å²) in [5.41, 5.74) is 20.6. The fraction of sp³-hybridized carbons (Fsp3) is 0.0645. The summed E-state index contributed by atoms with van der Waals surface area (Å²) in [6.45, 7) is 4.81. The lowest BCUT2D eigenvalue weighted by molar-refractivity contribution is 0.666. The van der Waals surface area contributed by atoms with E-state index in [2.05, 4.69) is 255 Å². The summed E-state index contributed by atoms with van der Waals surface area (Å²) in [5.74, 6) is 0. The first kappa shape index (κ1) is 37.1. The second-order valence-corrected chi connectivity index (χ2v) is 17.6. The zero-order valence-electron chi connectivity index (χ0n) is 35.5. The van der Waals surface area contributed by atoms with Crippen molar-refractivity contribution in [3.63, 3.8) is 0 Å². The minimum absolute atomic E-state index is 0.208. The molecule has 0 saturated heterocycles. The molecule has 0 bridgehead atoms. The molecule has 2 aliphatic rings. The van der Waals surface area contributed by atoms with E-state index in [-0.39, 0.29) is 5.41 Å². The quantitative estimate of drug-likeness (QED) is 0.155. The van der Waals surface area contributed by atoms with E-state index in [4.69, 9.17) is 0 Å². The molecule has 298 valence electrons. The number of hydrogen-bond acceptors (Lipinski definition) is 1. The van der Waals surface area contributed by atoms with Crippen molar-refractivity contribution in [2.24, 2.45) is 0 Å². The number of hydrogen-bond donors (Lipinski definition) is 0. The third-order valence-electron chi connectivity index (χ3n) is 13.9. The molecular weight excluding hydrogens is 759 g/mol. The zero-order valence-corrected chi connectivity index (χ0v) is 35.5. The summed E-state index contributed by atoms with van der Waals surface area (Å²) in [7, 11) is 0. The molecule has 0 N–H and O–H groups in total. The predicted molar refractivity (Wildman–Crippen MR) is 264 cm³/mol. The number of benzene rings is 10. The van der Waals surface area contributed by atoms with E-state index in [0.29, 0.717) is 0 Å². The van der Waals surface area contributed by atoms with Crippen molar-refractivity contribution in [1.29, 1.82) is 0 Å². The van der Waals surface area contributed by atoms with Crippen molar-refractivity contribution in [2.75, 3.05) is 4.90 Å². The van der Waals surface area contributed by atoms with Crippen LogP contribution in [0.5, 0.6) is 0 Å². The first-order chi connectivity index (χ1) is 31.0. The van der Waals surface area contributed by atoms with Crippen LogP contribution >= 0.6 is 0 Å². The molecule has 0 unspecified atom stereocenters. The summed E-state index contributed by atoms with van der Waals surface area (Å²) in [5, 5.41) is 2.52. The molecule has 0 spiro atoms. The maximum absolute atomic E-state index is 2.52. The van der Waals surface area contributed by atoms with Crippen LogP contribution in [0, 0.1) is 0 Å². The monoisotopic (exact) mass is 803 g/mol. The minimum atomic E-state index is -0.521. The van der Waals surface area contributed by atoms with Gasteiger partial charge in [-0.25, -0.2) is 0 Å². The van der Waals surface area contributed by atoms with Gasteiger partial charge in [-0.3, -0.25) is 0 Å². The highest BCUT2D eigenvalue weighted by molar-refractivity contribution is 6.07. The molecule has 63 heavy (non-hydrogen) atoms. The van der Waals surface area contributed by atoms with Crippen molar-refractivity contribution in [1.82, 2.24) is 0 Å². The predicted octanol–water partition coefficient (Wildman–Crippen LogP) is 16.3. The smallest absolute Gasteiger partial charge is 0.0714 e. The number of rotatable bonds is 7. The molecular formula is C62H45N. The molecule has 0 fully saturated rings. The Bertz CT molecular complexity index is 3290. The number of nitrogens with zero attached hydrogens (tertiary/aromatic N) is 1. The maximum Gasteiger partial charge on any atom is 0.0714 e. The Balaban J connectivity index is 1.13. The highest BCUT2D eigenvalue weighted by Crippen LogP contribution is 2.59. The Hall–Kier alpha value is -7.74. The zero-order chi connectivity index (χ0) is 42.1. The van der Waals surface area contributed by atoms with Gasteiger partial charge in [0.05, 0.1) is 11.1 Å². The number of fused-ring (bicyclic) bond motifs is 8. The summed E-state index contributed by atoms with van der Waals surface area (Å²) < 4.78 is 0. The molecule has 10 aromatic rings. The second-order valence-electron chi connectivity index (χ2n) is 17.6. The Morgan fingerprint density at radius 2 is 0.794 bits per heavy atom. The standard InChI is InChI=1S/C62H45N/c1-61(2)57-39-45(43-21-9-4-10-22-43)33-37-52(57)55-41-59(53-28-15-16-29-54(53)60(55)61)63(48-34-31-44(32-35-48)42-19-7-3-8-20-42)49-36-38-51-50-27-17-18-30-56(50)62(58(51)40-49,46-23-11-5-12-24-46)47-25-13-6-14-26-47/h3-41H,1-2H3. The van der Waals surface area contributed by atoms with Crippen molar-refractivity contribution >= 4 is 27.8 Å². The maximum atomic E-state index is 2.52. The van der Waals surface area contributed by atoms with E-state index in [1.165, 1.54) is 88.7 Å². The summed E-state index contributed by atoms with van der Waals surface area (Å²) in [6, 6.07) is 87.8. The highest BCUT2D eigenvalue weighted by Gasteiger charge is 2.46. The van der Waals surface area contributed by atoms with E-state index in [1.807, 2.05) is 0 Å². The van der Waals surface area contributed by atoms with Gasteiger partial charge in [-0.1, -0.05) is 214 Å². The Kier molecular flexibility index (Phi) is 8.49. The van der Waals surface area contributed by atoms with E-state index >= 15 is 0 Å². The molecule has 1 heteroatoms. The van der Waals surface area contributed by atoms with Gasteiger partial charge in [0.15, 0.2) is 0 Å². The summed E-state index contributed by atoms with van der Waals surface area (Å²) >= 11 is 0. The molecule has 1 nitrogen and oxygen atoms in total. The molecule has 0 amide bonds. The van der Waals surface area contributed by atoms with Gasteiger partial charge in [-0.2, -0.15) is 0 Å². The van der Waals surface area contributed by atoms with Crippen molar-refractivity contribution < 1.29 is 0 Å². The highest BCUT2D eigenvalue weighted by atomic mass is 15.1. The van der Waals surface area contributed by atoms with Gasteiger partial charge in [0.2, 0.25) is 0 Å². The van der Waals surface area contributed by atoms with Crippen LogP contribution in [0.15, 0.2) is 237 Å². The van der Waals surface area contributed by atoms with E-state index in [9.17, 15) is 0 Å². The van der Waals surface area contributed by atoms with Crippen molar-refractivity contribution in [3.05, 3.63) is 270 Å². The van der Waals surface area contributed by atoms with E-state index < -0.39 is 5.41 Å². The van der Waals surface area contributed by atoms with Crippen LogP contribution < -0.4 is 4.90 Å². The molecule has 0 radical (unpaired) electrons. The van der Waals surface area contributed by atoms with Gasteiger partial charge in [0.1, 0.15) is 0 Å². The largest absolute Gasteiger partial charge is 0.310 e. The minimum Gasteiger partial charge on any atom is -0.310 e. The average molecular weight is 804 g/mol. The third kappa shape index (κ3) is 5.63. The fourth-order valence-corrected chi connectivity index (χ4v) is 11.1. The third-order valence-corrected chi connectivity index (χ3v) is 13.9. The van der Waals surface area contributed by atoms with Crippen LogP contribution in [-0.4, -0.2) is 0 Å². The average Bonchev–Trinajstić information content (AvgIpc) is 3.77. The summed E-state index contributed by atoms with van der Waals surface area (Å²) in [6.07, 6.45) is 0. The van der Waals surface area contributed by atoms with Crippen molar-refractivity contribution in [3.8, 4) is 44.5 Å². The van der Waals surface area contributed by atoms with Gasteiger partial charge >= 0.3 is 0 Å². The fourth-order valence-electron chi connectivity index (χ4n) is 11.1. The lowest BCUT2D eigenvalue weighted by Gasteiger charge is -2.35. The first-order valence-corrected chi connectivity index (χ1v) is 22.1. The van der Waals surface area contributed by atoms with E-state index in [0.717, 1.165) is 17.1 Å². The Morgan fingerprint density at radius 1 is 0.317 bits per heavy atom. The topological polar surface area (TPSA) is 3.24 Å². The van der Waals surface area contributed by atoms with Crippen LogP contribution in [0.1, 0.15) is 47.2 Å². The van der Waals surface area contributed by atoms with Crippen LogP contribution in [-0.2, 0) is 10.8 Å². The van der Waals surface area contributed by atoms with Crippen LogP contribution in [0.4, 0.5) is 17.1 Å². The van der Waals surface area contributed by atoms with E-state index in [1.54, 1.807) is 0 Å². The Morgan fingerprint density at radius 3 is 1.46 bits per heavy atom. The second kappa shape index (κ2) is 14.4. The molecule has 0 saturated carbocycles. The summed E-state index contributed by atoms with van der Waals surface area (Å²) in [4.78, 5) is 2.52. The molecule has 0 aliphatic heterocycles. The van der Waals surface area contributed by atoms with Gasteiger partial charge in [-0.05, 0) is 120 Å². The normalized spacial score (nSPS) is 13.8. The number of anilines is 3. The lowest BCUT2D eigenvalue weighted by atomic mass is 9.67. The molecule has 0 heterocycles. The lowest BCUT2D eigenvalue weighted by Crippen LogP contribution is -2.28. The van der Waals surface area contributed by atoms with Crippen LogP contribution in [0.2, 0.25) is 0 Å². The van der Waals surface area contributed by atoms with Crippen LogP contribution in [0.25, 0.3) is 55.3 Å². The molecule has 0 atom stereocenters. The molecule has 2 aliphatic carbocycles. The van der Waals surface area contributed by atoms with Crippen molar-refractivity contribution in [2.45, 2.75) is 24.7 Å². The molecule has 0 aromatic heterocycles. The SMILES string of the molecule is CC1(C)c2cc(-c3ccccc3)ccc2-c2cc(N(c3ccc(-c4ccccc4)cc3)c3ccc4c(c3)C(c3ccccc3)(c3ccccc3)c3ccccc3-4)c3ccccc3c21. The Labute approximate surface area is 370 Å². The molecule has 10 aromatic carbocycles. The van der Waals surface area contributed by atoms with Gasteiger partial charge in [0, 0.05) is 22.2 Å². The van der Waals surface area contributed by atoms with Gasteiger partial charge < -0.3 is 4.90 Å². The molecule has 12 rings (SSSR count). The van der Waals surface area contributed by atoms with Gasteiger partial charge in [0.25, 0.3) is 0 Å².